The van der Waals surface area contributed by atoms with Crippen molar-refractivity contribution in [2.75, 3.05) is 19.9 Å². The number of carbonyl (C=O) groups excluding carboxylic acids is 2. The third kappa shape index (κ3) is 7.56. The van der Waals surface area contributed by atoms with Crippen LogP contribution in [0.3, 0.4) is 0 Å². The van der Waals surface area contributed by atoms with E-state index in [1.54, 1.807) is 34.1 Å². The Kier molecular flexibility index (Phi) is 10.1. The van der Waals surface area contributed by atoms with E-state index in [1.807, 2.05) is 12.1 Å². The summed E-state index contributed by atoms with van der Waals surface area (Å²) in [5.74, 6) is 1.36. The average molecular weight is 569 g/mol. The molecule has 0 N–H and O–H groups in total. The van der Waals surface area contributed by atoms with Gasteiger partial charge in [-0.3, -0.25) is 14.4 Å². The molecular weight excluding hydrogens is 532 g/mol. The molecule has 0 spiro atoms. The fourth-order valence-electron chi connectivity index (χ4n) is 4.60. The second kappa shape index (κ2) is 13.7. The van der Waals surface area contributed by atoms with Crippen LogP contribution in [0, 0.1) is 5.92 Å². The molecule has 40 heavy (non-hydrogen) atoms. The van der Waals surface area contributed by atoms with Gasteiger partial charge in [0, 0.05) is 24.5 Å². The third-order valence-electron chi connectivity index (χ3n) is 6.98. The second-order valence-electron chi connectivity index (χ2n) is 10.6. The van der Waals surface area contributed by atoms with Crippen LogP contribution in [-0.2, 0) is 22.7 Å². The first kappa shape index (κ1) is 29.5. The second-order valence-corrected chi connectivity index (χ2v) is 11.1. The Hall–Kier alpha value is -3.52. The van der Waals surface area contributed by atoms with E-state index in [9.17, 15) is 14.4 Å². The van der Waals surface area contributed by atoms with Gasteiger partial charge in [-0.05, 0) is 54.7 Å². The van der Waals surface area contributed by atoms with Crippen molar-refractivity contribution in [3.05, 3.63) is 69.0 Å². The number of carbonyl (C=O) groups is 2. The van der Waals surface area contributed by atoms with Crippen LogP contribution in [0.15, 0.2) is 51.9 Å². The minimum atomic E-state index is -0.254. The van der Waals surface area contributed by atoms with Gasteiger partial charge >= 0.3 is 0 Å². The first-order chi connectivity index (χ1) is 19.2. The van der Waals surface area contributed by atoms with Crippen LogP contribution in [0.1, 0.15) is 64.0 Å². The maximum Gasteiger partial charge on any atom is 0.242 e. The molecule has 0 saturated carbocycles. The van der Waals surface area contributed by atoms with Crippen molar-refractivity contribution in [2.45, 2.75) is 66.0 Å². The average Bonchev–Trinajstić information content (AvgIpc) is 3.40. The number of fused-ring (bicyclic) bond motifs is 2. The van der Waals surface area contributed by atoms with Crippen LogP contribution in [-0.4, -0.2) is 41.5 Å². The van der Waals surface area contributed by atoms with E-state index in [1.165, 1.54) is 6.26 Å². The van der Waals surface area contributed by atoms with Gasteiger partial charge in [-0.15, -0.1) is 0 Å². The Balaban J connectivity index is 1.61. The van der Waals surface area contributed by atoms with Crippen molar-refractivity contribution in [2.24, 2.45) is 5.92 Å². The van der Waals surface area contributed by atoms with Crippen molar-refractivity contribution in [3.8, 4) is 11.5 Å². The van der Waals surface area contributed by atoms with Crippen molar-refractivity contribution >= 4 is 34.4 Å². The molecule has 0 saturated heterocycles. The number of nitrogens with zero attached hydrogens (tertiary/aromatic N) is 2. The molecule has 2 aromatic carbocycles. The van der Waals surface area contributed by atoms with E-state index < -0.39 is 0 Å². The summed E-state index contributed by atoms with van der Waals surface area (Å²) in [5, 5.41) is 0.776. The van der Waals surface area contributed by atoms with Gasteiger partial charge in [0.05, 0.1) is 30.3 Å². The largest absolute Gasteiger partial charge is 0.464 e. The lowest BCUT2D eigenvalue weighted by atomic mass is 10.1. The minimum absolute atomic E-state index is 0.0140. The lowest BCUT2D eigenvalue weighted by molar-refractivity contribution is -0.141. The van der Waals surface area contributed by atoms with Crippen LogP contribution in [0.4, 0.5) is 0 Å². The fraction of sp³-hybridized carbons (Fsp3) is 0.452. The van der Waals surface area contributed by atoms with Crippen molar-refractivity contribution in [1.82, 2.24) is 9.80 Å². The molecule has 8 nitrogen and oxygen atoms in total. The maximum absolute atomic E-state index is 13.8. The van der Waals surface area contributed by atoms with Crippen molar-refractivity contribution < 1.29 is 23.5 Å². The van der Waals surface area contributed by atoms with E-state index in [0.717, 1.165) is 31.2 Å². The first-order valence-corrected chi connectivity index (χ1v) is 14.3. The minimum Gasteiger partial charge on any atom is -0.464 e. The van der Waals surface area contributed by atoms with E-state index in [0.29, 0.717) is 51.9 Å². The summed E-state index contributed by atoms with van der Waals surface area (Å²) in [7, 11) is 0. The summed E-state index contributed by atoms with van der Waals surface area (Å²) < 4.78 is 16.7. The Bertz CT molecular complexity index is 1400. The van der Waals surface area contributed by atoms with Gasteiger partial charge in [0.2, 0.25) is 18.6 Å². The molecule has 0 fully saturated rings. The molecule has 0 atom stereocenters. The van der Waals surface area contributed by atoms with Crippen molar-refractivity contribution in [1.29, 1.82) is 0 Å². The van der Waals surface area contributed by atoms with Gasteiger partial charge in [-0.1, -0.05) is 51.3 Å². The number of amides is 2. The van der Waals surface area contributed by atoms with Crippen LogP contribution in [0.2, 0.25) is 5.02 Å². The molecule has 1 aliphatic rings. The Morgan fingerprint density at radius 1 is 0.975 bits per heavy atom. The number of hydrogen-bond acceptors (Lipinski definition) is 6. The number of unbranched alkanes of at least 4 members (excludes halogenated alkanes) is 2. The van der Waals surface area contributed by atoms with Crippen LogP contribution >= 0.6 is 11.6 Å². The molecule has 4 rings (SSSR count). The lowest BCUT2D eigenvalue weighted by Crippen LogP contribution is -2.43. The standard InChI is InChI=1S/C31H37ClN2O6/c1-4-5-6-7-29(35)33(13-12-21(2)3)18-30(36)34(16-22-8-10-27-28(14-22)40-20-39-27)17-23-19-38-26-11-9-24(32)15-25(26)31(23)37/h8-11,14-15,19,21H,4-7,12-13,16-18,20H2,1-3H3. The number of halogens is 1. The highest BCUT2D eigenvalue weighted by Gasteiger charge is 2.24. The zero-order valence-corrected chi connectivity index (χ0v) is 24.2. The summed E-state index contributed by atoms with van der Waals surface area (Å²) >= 11 is 6.13. The quantitative estimate of drug-likeness (QED) is 0.229. The molecule has 9 heteroatoms. The third-order valence-corrected chi connectivity index (χ3v) is 7.21. The number of rotatable bonds is 13. The van der Waals surface area contributed by atoms with Gasteiger partial charge in [0.15, 0.2) is 16.9 Å². The zero-order chi connectivity index (χ0) is 28.6. The van der Waals surface area contributed by atoms with E-state index in [-0.39, 0.29) is 43.7 Å². The molecular formula is C31H37ClN2O6. The fourth-order valence-corrected chi connectivity index (χ4v) is 4.78. The van der Waals surface area contributed by atoms with E-state index in [2.05, 4.69) is 20.8 Å². The van der Waals surface area contributed by atoms with Gasteiger partial charge in [-0.25, -0.2) is 0 Å². The van der Waals surface area contributed by atoms with Crippen LogP contribution in [0.5, 0.6) is 11.5 Å². The highest BCUT2D eigenvalue weighted by atomic mass is 35.5. The summed E-state index contributed by atoms with van der Waals surface area (Å²) in [4.78, 5) is 43.5. The molecule has 214 valence electrons. The van der Waals surface area contributed by atoms with Crippen LogP contribution in [0.25, 0.3) is 11.0 Å². The number of ether oxygens (including phenoxy) is 2. The van der Waals surface area contributed by atoms with Gasteiger partial charge < -0.3 is 23.7 Å². The Labute approximate surface area is 239 Å². The molecule has 2 heterocycles. The topological polar surface area (TPSA) is 89.3 Å². The smallest absolute Gasteiger partial charge is 0.242 e. The molecule has 1 aromatic heterocycles. The lowest BCUT2D eigenvalue weighted by Gasteiger charge is -2.28. The van der Waals surface area contributed by atoms with Crippen molar-refractivity contribution in [3.63, 3.8) is 0 Å². The van der Waals surface area contributed by atoms with E-state index >= 15 is 0 Å². The van der Waals surface area contributed by atoms with Gasteiger partial charge in [0.25, 0.3) is 0 Å². The maximum atomic E-state index is 13.8. The summed E-state index contributed by atoms with van der Waals surface area (Å²) in [5.41, 5.74) is 1.31. The molecule has 0 bridgehead atoms. The molecule has 2 amide bonds. The predicted molar refractivity (Wildman–Crippen MR) is 154 cm³/mol. The normalized spacial score (nSPS) is 12.2. The molecule has 0 unspecified atom stereocenters. The first-order valence-electron chi connectivity index (χ1n) is 13.9. The van der Waals surface area contributed by atoms with Gasteiger partial charge in [-0.2, -0.15) is 0 Å². The summed E-state index contributed by atoms with van der Waals surface area (Å²) in [6.07, 6.45) is 5.38. The Morgan fingerprint density at radius 2 is 1.77 bits per heavy atom. The highest BCUT2D eigenvalue weighted by molar-refractivity contribution is 6.31. The zero-order valence-electron chi connectivity index (χ0n) is 23.4. The Morgan fingerprint density at radius 3 is 2.55 bits per heavy atom. The van der Waals surface area contributed by atoms with Gasteiger partial charge in [0.1, 0.15) is 5.58 Å². The molecule has 3 aromatic rings. The number of benzene rings is 2. The van der Waals surface area contributed by atoms with Crippen LogP contribution < -0.4 is 14.9 Å². The predicted octanol–water partition coefficient (Wildman–Crippen LogP) is 6.16. The van der Waals surface area contributed by atoms with E-state index in [4.69, 9.17) is 25.5 Å². The molecule has 0 radical (unpaired) electrons. The number of hydrogen-bond donors (Lipinski definition) is 0. The highest BCUT2D eigenvalue weighted by Crippen LogP contribution is 2.33. The monoisotopic (exact) mass is 568 g/mol. The molecule has 1 aliphatic heterocycles. The summed E-state index contributed by atoms with van der Waals surface area (Å²) in [6, 6.07) is 10.4. The SMILES string of the molecule is CCCCCC(=O)N(CCC(C)C)CC(=O)N(Cc1ccc2c(c1)OCO2)Cc1coc2ccc(Cl)cc2c1=O. The molecule has 0 aliphatic carbocycles. The summed E-state index contributed by atoms with van der Waals surface area (Å²) in [6.45, 7) is 7.10.